The van der Waals surface area contributed by atoms with Crippen molar-refractivity contribution in [2.45, 2.75) is 17.6 Å². The number of hydrogen-bond donors (Lipinski definition) is 3. The molecule has 2 aromatic heterocycles. The molecule has 2 heterocycles. The number of aromatic nitrogens is 3. The summed E-state index contributed by atoms with van der Waals surface area (Å²) < 4.78 is 62.9. The predicted molar refractivity (Wildman–Crippen MR) is 76.1 cm³/mol. The zero-order valence-electron chi connectivity index (χ0n) is 11.8. The Morgan fingerprint density at radius 1 is 1.17 bits per heavy atom. The molecule has 0 aliphatic rings. The topological polar surface area (TPSA) is 99.8 Å². The fourth-order valence-corrected chi connectivity index (χ4v) is 2.62. The molecule has 0 aliphatic carbocycles. The van der Waals surface area contributed by atoms with Crippen LogP contribution in [0.4, 0.5) is 19.0 Å². The van der Waals surface area contributed by atoms with E-state index in [1.54, 1.807) is 0 Å². The Kier molecular flexibility index (Phi) is 5.21. The third kappa shape index (κ3) is 4.93. The van der Waals surface area contributed by atoms with Crippen molar-refractivity contribution < 1.29 is 21.6 Å². The number of rotatable bonds is 7. The summed E-state index contributed by atoms with van der Waals surface area (Å²) in [6.45, 7) is 0.513. The SMILES string of the molecule is O=S(=O)(NCCCNc1ccc(C(F)(F)F)cn1)c1cnc[nH]1. The largest absolute Gasteiger partial charge is 0.417 e. The van der Waals surface area contributed by atoms with Crippen molar-refractivity contribution in [2.75, 3.05) is 18.4 Å². The van der Waals surface area contributed by atoms with Crippen LogP contribution < -0.4 is 10.0 Å². The fourth-order valence-electron chi connectivity index (χ4n) is 1.65. The molecule has 7 nitrogen and oxygen atoms in total. The molecule has 0 bridgehead atoms. The van der Waals surface area contributed by atoms with Crippen LogP contribution in [0.25, 0.3) is 0 Å². The Morgan fingerprint density at radius 3 is 2.52 bits per heavy atom. The van der Waals surface area contributed by atoms with E-state index in [1.807, 2.05) is 0 Å². The average molecular weight is 349 g/mol. The molecule has 126 valence electrons. The number of sulfonamides is 1. The van der Waals surface area contributed by atoms with Crippen LogP contribution in [0.5, 0.6) is 0 Å². The van der Waals surface area contributed by atoms with Crippen LogP contribution in [-0.4, -0.2) is 36.5 Å². The number of nitrogens with one attached hydrogen (secondary N) is 3. The van der Waals surface area contributed by atoms with Gasteiger partial charge in [0, 0.05) is 19.3 Å². The molecule has 0 fully saturated rings. The third-order valence-corrected chi connectivity index (χ3v) is 4.19. The van der Waals surface area contributed by atoms with Crippen LogP contribution in [0.3, 0.4) is 0 Å². The van der Waals surface area contributed by atoms with Crippen molar-refractivity contribution in [3.63, 3.8) is 0 Å². The summed E-state index contributed by atoms with van der Waals surface area (Å²) in [6.07, 6.45) is -0.811. The molecule has 3 N–H and O–H groups in total. The molecule has 2 rings (SSSR count). The van der Waals surface area contributed by atoms with Crippen molar-refractivity contribution in [1.29, 1.82) is 0 Å². The van der Waals surface area contributed by atoms with Gasteiger partial charge in [0.15, 0.2) is 5.03 Å². The predicted octanol–water partition coefficient (Wildman–Crippen LogP) is 1.60. The van der Waals surface area contributed by atoms with Crippen molar-refractivity contribution in [3.8, 4) is 0 Å². The molecule has 0 atom stereocenters. The number of imidazole rings is 1. The lowest BCUT2D eigenvalue weighted by Crippen LogP contribution is -2.26. The van der Waals surface area contributed by atoms with Gasteiger partial charge in [0.2, 0.25) is 0 Å². The number of aromatic amines is 1. The van der Waals surface area contributed by atoms with Gasteiger partial charge in [0.1, 0.15) is 5.82 Å². The molecule has 2 aromatic rings. The average Bonchev–Trinajstić information content (AvgIpc) is 3.01. The second kappa shape index (κ2) is 6.96. The number of alkyl halides is 3. The van der Waals surface area contributed by atoms with Gasteiger partial charge in [-0.2, -0.15) is 13.2 Å². The monoisotopic (exact) mass is 349 g/mol. The van der Waals surface area contributed by atoms with E-state index < -0.39 is 21.8 Å². The second-order valence-electron chi connectivity index (χ2n) is 4.52. The van der Waals surface area contributed by atoms with E-state index in [-0.39, 0.29) is 17.4 Å². The van der Waals surface area contributed by atoms with Crippen molar-refractivity contribution in [2.24, 2.45) is 0 Å². The maximum atomic E-state index is 12.4. The Balaban J connectivity index is 1.74. The van der Waals surface area contributed by atoms with Gasteiger partial charge in [-0.25, -0.2) is 23.1 Å². The highest BCUT2D eigenvalue weighted by Crippen LogP contribution is 2.28. The van der Waals surface area contributed by atoms with Gasteiger partial charge < -0.3 is 10.3 Å². The van der Waals surface area contributed by atoms with E-state index >= 15 is 0 Å². The molecule has 0 aliphatic heterocycles. The number of hydrogen-bond acceptors (Lipinski definition) is 5. The lowest BCUT2D eigenvalue weighted by atomic mass is 10.3. The smallest absolute Gasteiger partial charge is 0.370 e. The number of nitrogens with zero attached hydrogens (tertiary/aromatic N) is 2. The van der Waals surface area contributed by atoms with E-state index in [1.165, 1.54) is 18.6 Å². The number of H-pyrrole nitrogens is 1. The van der Waals surface area contributed by atoms with Crippen LogP contribution in [0, 0.1) is 0 Å². The van der Waals surface area contributed by atoms with Gasteiger partial charge in [0.05, 0.1) is 18.1 Å². The highest BCUT2D eigenvalue weighted by Gasteiger charge is 2.30. The minimum atomic E-state index is -4.42. The number of halogens is 3. The first-order valence-electron chi connectivity index (χ1n) is 6.54. The van der Waals surface area contributed by atoms with E-state index in [4.69, 9.17) is 0 Å². The lowest BCUT2D eigenvalue weighted by molar-refractivity contribution is -0.137. The summed E-state index contributed by atoms with van der Waals surface area (Å²) >= 11 is 0. The molecule has 0 amide bonds. The van der Waals surface area contributed by atoms with Gasteiger partial charge >= 0.3 is 6.18 Å². The first-order chi connectivity index (χ1) is 10.8. The zero-order chi connectivity index (χ0) is 16.9. The molecule has 0 saturated heterocycles. The molecular weight excluding hydrogens is 335 g/mol. The minimum absolute atomic E-state index is 0.0325. The molecule has 0 aromatic carbocycles. The van der Waals surface area contributed by atoms with E-state index in [0.29, 0.717) is 13.0 Å². The second-order valence-corrected chi connectivity index (χ2v) is 6.26. The summed E-state index contributed by atoms with van der Waals surface area (Å²) in [5.74, 6) is 0.287. The summed E-state index contributed by atoms with van der Waals surface area (Å²) in [6, 6.07) is 2.15. The summed E-state index contributed by atoms with van der Waals surface area (Å²) in [5, 5.41) is 2.78. The van der Waals surface area contributed by atoms with Gasteiger partial charge in [-0.05, 0) is 18.6 Å². The molecule has 0 unspecified atom stereocenters. The van der Waals surface area contributed by atoms with Crippen LogP contribution >= 0.6 is 0 Å². The Hall–Kier alpha value is -2.14. The summed E-state index contributed by atoms with van der Waals surface area (Å²) in [7, 11) is -3.62. The normalized spacial score (nSPS) is 12.3. The van der Waals surface area contributed by atoms with Gasteiger partial charge in [-0.1, -0.05) is 0 Å². The summed E-state index contributed by atoms with van der Waals surface area (Å²) in [5.41, 5.74) is -0.824. The highest BCUT2D eigenvalue weighted by atomic mass is 32.2. The maximum Gasteiger partial charge on any atom is 0.417 e. The molecule has 23 heavy (non-hydrogen) atoms. The van der Waals surface area contributed by atoms with E-state index in [0.717, 1.165) is 12.3 Å². The first kappa shape index (κ1) is 17.2. The van der Waals surface area contributed by atoms with Crippen LogP contribution in [0.15, 0.2) is 35.9 Å². The van der Waals surface area contributed by atoms with Crippen molar-refractivity contribution >= 4 is 15.8 Å². The molecule has 0 saturated carbocycles. The standard InChI is InChI=1S/C12H14F3N5O2S/c13-12(14,15)9-2-3-10(18-6-9)17-4-1-5-20-23(21,22)11-7-16-8-19-11/h2-3,6-8,20H,1,4-5H2,(H,16,19)(H,17,18). The Morgan fingerprint density at radius 2 is 1.96 bits per heavy atom. The molecular formula is C12H14F3N5O2S. The Bertz CT molecular complexity index is 714. The highest BCUT2D eigenvalue weighted by molar-refractivity contribution is 7.89. The molecule has 0 spiro atoms. The minimum Gasteiger partial charge on any atom is -0.370 e. The van der Waals surface area contributed by atoms with E-state index in [9.17, 15) is 21.6 Å². The maximum absolute atomic E-state index is 12.4. The van der Waals surface area contributed by atoms with Crippen LogP contribution in [0.1, 0.15) is 12.0 Å². The third-order valence-electron chi connectivity index (χ3n) is 2.81. The summed E-state index contributed by atoms with van der Waals surface area (Å²) in [4.78, 5) is 9.75. The molecule has 0 radical (unpaired) electrons. The fraction of sp³-hybridized carbons (Fsp3) is 0.333. The number of anilines is 1. The van der Waals surface area contributed by atoms with Gasteiger partial charge in [-0.15, -0.1) is 0 Å². The lowest BCUT2D eigenvalue weighted by Gasteiger charge is -2.09. The Labute approximate surface area is 130 Å². The van der Waals surface area contributed by atoms with Crippen LogP contribution in [0.2, 0.25) is 0 Å². The molecule has 11 heteroatoms. The van der Waals surface area contributed by atoms with Crippen molar-refractivity contribution in [1.82, 2.24) is 19.7 Å². The first-order valence-corrected chi connectivity index (χ1v) is 8.02. The quantitative estimate of drug-likeness (QED) is 0.660. The van der Waals surface area contributed by atoms with Gasteiger partial charge in [-0.3, -0.25) is 0 Å². The van der Waals surface area contributed by atoms with E-state index in [2.05, 4.69) is 25.0 Å². The van der Waals surface area contributed by atoms with Crippen molar-refractivity contribution in [3.05, 3.63) is 36.4 Å². The van der Waals surface area contributed by atoms with Gasteiger partial charge in [0.25, 0.3) is 10.0 Å². The number of pyridine rings is 1. The zero-order valence-corrected chi connectivity index (χ0v) is 12.6. The van der Waals surface area contributed by atoms with Crippen LogP contribution in [-0.2, 0) is 16.2 Å².